The molecular formula is C34H45N7O8. The van der Waals surface area contributed by atoms with Gasteiger partial charge in [0.2, 0.25) is 11.9 Å². The lowest BCUT2D eigenvalue weighted by Crippen LogP contribution is -2.49. The Morgan fingerprint density at radius 3 is 2.35 bits per heavy atom. The summed E-state index contributed by atoms with van der Waals surface area (Å²) in [5, 5.41) is 11.5. The van der Waals surface area contributed by atoms with E-state index in [0.717, 1.165) is 37.0 Å². The number of methoxy groups -OCH3 is 1. The molecule has 15 nitrogen and oxygen atoms in total. The fourth-order valence-corrected chi connectivity index (χ4v) is 4.61. The monoisotopic (exact) mass is 679 g/mol. The van der Waals surface area contributed by atoms with Crippen LogP contribution in [0, 0.1) is 0 Å². The average Bonchev–Trinajstić information content (AvgIpc) is 3.06. The molecule has 2 amide bonds. The summed E-state index contributed by atoms with van der Waals surface area (Å²) in [5.41, 5.74) is 0.965. The maximum atomic E-state index is 13.6. The molecule has 49 heavy (non-hydrogen) atoms. The lowest BCUT2D eigenvalue weighted by molar-refractivity contribution is -0.142. The van der Waals surface area contributed by atoms with Crippen LogP contribution in [0.3, 0.4) is 0 Å². The first-order valence-electron chi connectivity index (χ1n) is 16.3. The van der Waals surface area contributed by atoms with Gasteiger partial charge in [-0.1, -0.05) is 12.1 Å². The standard InChI is InChI=1S/C34H45N7O8/c1-6-46-32-40-30-35-20-22-11-14-24(15-12-22)47-17-9-7-8-10-18-48-27-19-23(37-31(39-30)41-32)13-16-25(27)28(42)38-26(29(43)45-5)21-36-33(44)49-34(2,3)4/h11-16,19,26H,6-10,17-18,20-21H2,1-5H3,(H,36,44)(H,38,42)(H2,35,37,39,40,41)/t26-/m0/s1. The van der Waals surface area contributed by atoms with Gasteiger partial charge in [0.1, 0.15) is 23.1 Å². The zero-order valence-electron chi connectivity index (χ0n) is 28.6. The van der Waals surface area contributed by atoms with Crippen LogP contribution in [-0.4, -0.2) is 78.0 Å². The van der Waals surface area contributed by atoms with Crippen LogP contribution in [0.4, 0.5) is 22.4 Å². The van der Waals surface area contributed by atoms with Crippen molar-refractivity contribution in [2.75, 3.05) is 44.1 Å². The minimum atomic E-state index is -1.20. The predicted octanol–water partition coefficient (Wildman–Crippen LogP) is 4.75. The number of rotatable bonds is 7. The van der Waals surface area contributed by atoms with Gasteiger partial charge in [-0.3, -0.25) is 4.79 Å². The summed E-state index contributed by atoms with van der Waals surface area (Å²) in [6.07, 6.45) is 2.70. The van der Waals surface area contributed by atoms with E-state index < -0.39 is 29.6 Å². The number of nitrogens with one attached hydrogen (secondary N) is 4. The molecule has 1 atom stereocenters. The normalized spacial score (nSPS) is 14.2. The second kappa shape index (κ2) is 17.7. The maximum absolute atomic E-state index is 13.6. The molecular weight excluding hydrogens is 634 g/mol. The highest BCUT2D eigenvalue weighted by Crippen LogP contribution is 2.27. The van der Waals surface area contributed by atoms with Crippen LogP contribution >= 0.6 is 0 Å². The number of anilines is 3. The molecule has 1 aromatic heterocycles. The molecule has 0 spiro atoms. The molecule has 0 aliphatic carbocycles. The third kappa shape index (κ3) is 12.0. The fourth-order valence-electron chi connectivity index (χ4n) is 4.61. The summed E-state index contributed by atoms with van der Waals surface area (Å²) < 4.78 is 27.7. The molecule has 3 heterocycles. The smallest absolute Gasteiger partial charge is 0.407 e. The summed E-state index contributed by atoms with van der Waals surface area (Å²) >= 11 is 0. The van der Waals surface area contributed by atoms with E-state index in [0.29, 0.717) is 38.0 Å². The fraction of sp³-hybridized carbons (Fsp3) is 0.471. The molecule has 0 unspecified atom stereocenters. The number of benzene rings is 2. The first-order chi connectivity index (χ1) is 23.5. The van der Waals surface area contributed by atoms with Crippen molar-refractivity contribution < 1.29 is 38.1 Å². The van der Waals surface area contributed by atoms with E-state index in [1.54, 1.807) is 39.0 Å². The topological polar surface area (TPSA) is 184 Å². The Kier molecular flexibility index (Phi) is 13.2. The van der Waals surface area contributed by atoms with E-state index in [-0.39, 0.29) is 29.8 Å². The Hall–Kier alpha value is -5.34. The molecule has 2 aromatic carbocycles. The van der Waals surface area contributed by atoms with Crippen molar-refractivity contribution in [2.45, 2.75) is 71.6 Å². The predicted molar refractivity (Wildman–Crippen MR) is 181 cm³/mol. The Labute approximate surface area is 285 Å². The largest absolute Gasteiger partial charge is 0.494 e. The number of carbonyl (C=O) groups excluding carboxylic acids is 3. The molecule has 6 bridgehead atoms. The quantitative estimate of drug-likeness (QED) is 0.251. The van der Waals surface area contributed by atoms with Crippen LogP contribution in [0.25, 0.3) is 0 Å². The molecule has 264 valence electrons. The summed E-state index contributed by atoms with van der Waals surface area (Å²) in [6, 6.07) is 11.6. The number of nitrogens with zero attached hydrogens (tertiary/aromatic N) is 3. The first kappa shape index (κ1) is 36.5. The Morgan fingerprint density at radius 2 is 1.65 bits per heavy atom. The molecule has 4 N–H and O–H groups in total. The number of hydrogen-bond acceptors (Lipinski definition) is 13. The molecule has 2 aliphatic heterocycles. The molecule has 0 saturated heterocycles. The van der Waals surface area contributed by atoms with Crippen molar-refractivity contribution in [1.29, 1.82) is 0 Å². The summed E-state index contributed by atoms with van der Waals surface area (Å²) in [4.78, 5) is 51.5. The first-order valence-corrected chi connectivity index (χ1v) is 16.3. The Balaban J connectivity index is 1.57. The van der Waals surface area contributed by atoms with Gasteiger partial charge in [0, 0.05) is 18.3 Å². The Bertz CT molecular complexity index is 1560. The Morgan fingerprint density at radius 1 is 0.939 bits per heavy atom. The van der Waals surface area contributed by atoms with E-state index in [9.17, 15) is 14.4 Å². The van der Waals surface area contributed by atoms with Gasteiger partial charge in [-0.2, -0.15) is 15.0 Å². The number of alkyl carbamates (subject to hydrolysis) is 1. The average molecular weight is 680 g/mol. The highest BCUT2D eigenvalue weighted by atomic mass is 16.6. The van der Waals surface area contributed by atoms with E-state index in [2.05, 4.69) is 36.2 Å². The molecule has 0 fully saturated rings. The van der Waals surface area contributed by atoms with Gasteiger partial charge in [-0.25, -0.2) is 9.59 Å². The highest BCUT2D eigenvalue weighted by Gasteiger charge is 2.26. The number of aromatic nitrogens is 3. The molecule has 15 heteroatoms. The van der Waals surface area contributed by atoms with Crippen LogP contribution in [0.5, 0.6) is 17.5 Å². The van der Waals surface area contributed by atoms with Crippen molar-refractivity contribution in [3.63, 3.8) is 0 Å². The van der Waals surface area contributed by atoms with Gasteiger partial charge < -0.3 is 45.0 Å². The zero-order valence-corrected chi connectivity index (χ0v) is 28.6. The number of fused-ring (bicyclic) bond motifs is 10. The van der Waals surface area contributed by atoms with Crippen LogP contribution in [0.1, 0.15) is 69.3 Å². The second-order valence-corrected chi connectivity index (χ2v) is 12.1. The van der Waals surface area contributed by atoms with Crippen molar-refractivity contribution in [3.05, 3.63) is 53.6 Å². The summed E-state index contributed by atoms with van der Waals surface area (Å²) in [5.74, 6) is 0.210. The van der Waals surface area contributed by atoms with Crippen LogP contribution < -0.4 is 35.5 Å². The molecule has 2 aliphatic rings. The number of amides is 2. The zero-order chi connectivity index (χ0) is 35.2. The number of hydrogen-bond donors (Lipinski definition) is 4. The van der Waals surface area contributed by atoms with E-state index in [1.165, 1.54) is 7.11 Å². The van der Waals surface area contributed by atoms with Crippen molar-refractivity contribution in [2.24, 2.45) is 0 Å². The van der Waals surface area contributed by atoms with Gasteiger partial charge in [-0.05, 0) is 83.2 Å². The van der Waals surface area contributed by atoms with Gasteiger partial charge in [0.05, 0.1) is 39.0 Å². The molecule has 0 saturated carbocycles. The van der Waals surface area contributed by atoms with Gasteiger partial charge in [-0.15, -0.1) is 0 Å². The van der Waals surface area contributed by atoms with Crippen molar-refractivity contribution in [3.8, 4) is 17.5 Å². The number of carbonyl (C=O) groups is 3. The molecule has 0 radical (unpaired) electrons. The molecule has 5 rings (SSSR count). The van der Waals surface area contributed by atoms with Gasteiger partial charge >= 0.3 is 18.1 Å². The van der Waals surface area contributed by atoms with E-state index >= 15 is 0 Å². The second-order valence-electron chi connectivity index (χ2n) is 12.1. The lowest BCUT2D eigenvalue weighted by Gasteiger charge is -2.22. The van der Waals surface area contributed by atoms with E-state index in [4.69, 9.17) is 23.7 Å². The minimum Gasteiger partial charge on any atom is -0.494 e. The van der Waals surface area contributed by atoms with Crippen molar-refractivity contribution in [1.82, 2.24) is 25.6 Å². The summed E-state index contributed by atoms with van der Waals surface area (Å²) in [7, 11) is 1.19. The maximum Gasteiger partial charge on any atom is 0.407 e. The SMILES string of the molecule is CCOc1nc2nc(n1)Nc1ccc(C(=O)N[C@@H](CNC(=O)OC(C)(C)C)C(=O)OC)c(c1)OCCCCCCOc1ccc(cc1)CN2. The highest BCUT2D eigenvalue weighted by molar-refractivity contribution is 5.99. The minimum absolute atomic E-state index is 0.131. The number of ether oxygens (including phenoxy) is 5. The van der Waals surface area contributed by atoms with Crippen LogP contribution in [0.2, 0.25) is 0 Å². The third-order valence-corrected chi connectivity index (χ3v) is 6.95. The van der Waals surface area contributed by atoms with Crippen LogP contribution in [0.15, 0.2) is 42.5 Å². The third-order valence-electron chi connectivity index (χ3n) is 6.95. The van der Waals surface area contributed by atoms with Gasteiger partial charge in [0.25, 0.3) is 5.91 Å². The lowest BCUT2D eigenvalue weighted by atomic mass is 10.1. The van der Waals surface area contributed by atoms with Crippen molar-refractivity contribution >= 4 is 35.6 Å². The van der Waals surface area contributed by atoms with E-state index in [1.807, 2.05) is 31.2 Å². The van der Waals surface area contributed by atoms with Crippen LogP contribution in [-0.2, 0) is 20.8 Å². The van der Waals surface area contributed by atoms with Gasteiger partial charge in [0.15, 0.2) is 0 Å². The molecule has 3 aromatic rings. The number of esters is 1. The summed E-state index contributed by atoms with van der Waals surface area (Å²) in [6.45, 7) is 8.46.